The van der Waals surface area contributed by atoms with E-state index < -0.39 is 21.3 Å². The molecule has 1 aromatic carbocycles. The molecule has 0 unspecified atom stereocenters. The van der Waals surface area contributed by atoms with Gasteiger partial charge in [-0.15, -0.1) is 0 Å². The minimum Gasteiger partial charge on any atom is -0.399 e. The number of carbonyl (C=O) groups excluding carboxylic acids is 1. The van der Waals surface area contributed by atoms with Crippen molar-refractivity contribution in [1.29, 1.82) is 0 Å². The number of halogens is 1. The molecule has 0 aliphatic heterocycles. The summed E-state index contributed by atoms with van der Waals surface area (Å²) in [4.78, 5) is 11.0. The van der Waals surface area contributed by atoms with Crippen LogP contribution < -0.4 is 16.2 Å². The molecule has 106 valence electrons. The van der Waals surface area contributed by atoms with Crippen molar-refractivity contribution in [2.45, 2.75) is 18.7 Å². The van der Waals surface area contributed by atoms with Crippen LogP contribution >= 0.6 is 11.6 Å². The van der Waals surface area contributed by atoms with E-state index >= 15 is 0 Å². The molecule has 1 rings (SSSR count). The smallest absolute Gasteiger partial charge is 0.242 e. The fourth-order valence-electron chi connectivity index (χ4n) is 1.17. The minimum absolute atomic E-state index is 0.0542. The van der Waals surface area contributed by atoms with Crippen molar-refractivity contribution in [3.8, 4) is 0 Å². The second-order valence-electron chi connectivity index (χ2n) is 4.76. The first-order valence-electron chi connectivity index (χ1n) is 5.41. The average molecular weight is 306 g/mol. The monoisotopic (exact) mass is 305 g/mol. The zero-order chi connectivity index (χ0) is 14.8. The molecule has 0 aliphatic rings. The van der Waals surface area contributed by atoms with Crippen LogP contribution in [0.2, 0.25) is 5.02 Å². The second kappa shape index (κ2) is 5.36. The molecule has 19 heavy (non-hydrogen) atoms. The number of nitrogens with two attached hydrogens (primary N) is 2. The third-order valence-corrected chi connectivity index (χ3v) is 4.50. The van der Waals surface area contributed by atoms with Gasteiger partial charge in [-0.3, -0.25) is 4.79 Å². The molecule has 0 saturated carbocycles. The van der Waals surface area contributed by atoms with Crippen molar-refractivity contribution in [1.82, 2.24) is 4.72 Å². The molecule has 0 aromatic heterocycles. The Hall–Kier alpha value is -1.31. The fraction of sp³-hybridized carbons (Fsp3) is 0.364. The number of sulfonamides is 1. The fourth-order valence-corrected chi connectivity index (χ4v) is 2.91. The van der Waals surface area contributed by atoms with Crippen molar-refractivity contribution in [2.75, 3.05) is 12.3 Å². The summed E-state index contributed by atoms with van der Waals surface area (Å²) in [7, 11) is -3.85. The van der Waals surface area contributed by atoms with E-state index in [1.54, 1.807) is 13.8 Å². The van der Waals surface area contributed by atoms with Crippen molar-refractivity contribution < 1.29 is 13.2 Å². The van der Waals surface area contributed by atoms with Crippen LogP contribution in [0.4, 0.5) is 5.69 Å². The largest absolute Gasteiger partial charge is 0.399 e. The number of rotatable bonds is 5. The number of anilines is 1. The lowest BCUT2D eigenvalue weighted by Gasteiger charge is -2.21. The molecule has 0 bridgehead atoms. The number of primary amides is 1. The summed E-state index contributed by atoms with van der Waals surface area (Å²) < 4.78 is 26.4. The average Bonchev–Trinajstić information content (AvgIpc) is 2.30. The van der Waals surface area contributed by atoms with E-state index in [-0.39, 0.29) is 22.2 Å². The number of benzene rings is 1. The quantitative estimate of drug-likeness (QED) is 0.695. The van der Waals surface area contributed by atoms with Gasteiger partial charge in [-0.2, -0.15) is 0 Å². The second-order valence-corrected chi connectivity index (χ2v) is 6.91. The molecule has 1 amide bonds. The molecule has 0 heterocycles. The van der Waals surface area contributed by atoms with Crippen LogP contribution in [-0.2, 0) is 14.8 Å². The number of hydrogen-bond acceptors (Lipinski definition) is 4. The van der Waals surface area contributed by atoms with Crippen LogP contribution in [0.25, 0.3) is 0 Å². The minimum atomic E-state index is -3.85. The molecule has 5 N–H and O–H groups in total. The normalized spacial score (nSPS) is 12.4. The number of carbonyl (C=O) groups is 1. The van der Waals surface area contributed by atoms with Crippen LogP contribution in [0.5, 0.6) is 0 Å². The summed E-state index contributed by atoms with van der Waals surface area (Å²) in [5.74, 6) is -0.603. The zero-order valence-electron chi connectivity index (χ0n) is 10.6. The Morgan fingerprint density at radius 1 is 1.42 bits per heavy atom. The van der Waals surface area contributed by atoms with Crippen LogP contribution in [0.15, 0.2) is 23.1 Å². The van der Waals surface area contributed by atoms with Crippen LogP contribution in [0, 0.1) is 5.41 Å². The summed E-state index contributed by atoms with van der Waals surface area (Å²) in [5, 5.41) is 0.0542. The third-order valence-electron chi connectivity index (χ3n) is 2.62. The SMILES string of the molecule is CC(C)(CNS(=O)(=O)c1cc(N)ccc1Cl)C(N)=O. The number of nitrogens with one attached hydrogen (secondary N) is 1. The zero-order valence-corrected chi connectivity index (χ0v) is 12.2. The molecule has 6 nitrogen and oxygen atoms in total. The van der Waals surface area contributed by atoms with E-state index in [1.165, 1.54) is 18.2 Å². The Balaban J connectivity index is 3.00. The van der Waals surface area contributed by atoms with Gasteiger partial charge in [0.1, 0.15) is 4.90 Å². The molecule has 0 fully saturated rings. The van der Waals surface area contributed by atoms with Gasteiger partial charge in [-0.05, 0) is 32.0 Å². The Morgan fingerprint density at radius 3 is 2.53 bits per heavy atom. The predicted molar refractivity (Wildman–Crippen MR) is 74.0 cm³/mol. The molecule has 0 aliphatic carbocycles. The molecule has 8 heteroatoms. The lowest BCUT2D eigenvalue weighted by atomic mass is 9.93. The predicted octanol–water partition coefficient (Wildman–Crippen LogP) is 0.712. The van der Waals surface area contributed by atoms with Gasteiger partial charge in [0.2, 0.25) is 15.9 Å². The van der Waals surface area contributed by atoms with Crippen molar-refractivity contribution in [2.24, 2.45) is 11.1 Å². The van der Waals surface area contributed by atoms with E-state index in [9.17, 15) is 13.2 Å². The van der Waals surface area contributed by atoms with E-state index in [0.29, 0.717) is 0 Å². The summed E-state index contributed by atoms with van der Waals surface area (Å²) in [6.45, 7) is 2.95. The van der Waals surface area contributed by atoms with Gasteiger partial charge < -0.3 is 11.5 Å². The van der Waals surface area contributed by atoms with Crippen LogP contribution in [0.1, 0.15) is 13.8 Å². The molecule has 1 aromatic rings. The Bertz CT molecular complexity index is 599. The lowest BCUT2D eigenvalue weighted by Crippen LogP contribution is -2.42. The van der Waals surface area contributed by atoms with E-state index in [4.69, 9.17) is 23.1 Å². The summed E-state index contributed by atoms with van der Waals surface area (Å²) in [5.41, 5.74) is 9.98. The lowest BCUT2D eigenvalue weighted by molar-refractivity contribution is -0.125. The first-order chi connectivity index (χ1) is 8.56. The highest BCUT2D eigenvalue weighted by molar-refractivity contribution is 7.89. The van der Waals surface area contributed by atoms with E-state index in [0.717, 1.165) is 0 Å². The Morgan fingerprint density at radius 2 is 2.00 bits per heavy atom. The first-order valence-corrected chi connectivity index (χ1v) is 7.27. The van der Waals surface area contributed by atoms with Crippen molar-refractivity contribution in [3.05, 3.63) is 23.2 Å². The Kier molecular flexibility index (Phi) is 4.44. The van der Waals surface area contributed by atoms with Gasteiger partial charge in [-0.1, -0.05) is 11.6 Å². The maximum Gasteiger partial charge on any atom is 0.242 e. The number of amides is 1. The van der Waals surface area contributed by atoms with Gasteiger partial charge in [0, 0.05) is 12.2 Å². The topological polar surface area (TPSA) is 115 Å². The van der Waals surface area contributed by atoms with Gasteiger partial charge in [-0.25, -0.2) is 13.1 Å². The molecule has 0 radical (unpaired) electrons. The highest BCUT2D eigenvalue weighted by atomic mass is 35.5. The van der Waals surface area contributed by atoms with Crippen molar-refractivity contribution in [3.63, 3.8) is 0 Å². The van der Waals surface area contributed by atoms with E-state index in [1.807, 2.05) is 0 Å². The number of hydrogen-bond donors (Lipinski definition) is 3. The highest BCUT2D eigenvalue weighted by Crippen LogP contribution is 2.24. The summed E-state index contributed by atoms with van der Waals surface area (Å²) in [6, 6.07) is 4.14. The van der Waals surface area contributed by atoms with Gasteiger partial charge in [0.25, 0.3) is 0 Å². The third kappa shape index (κ3) is 3.82. The number of nitrogen functional groups attached to an aromatic ring is 1. The highest BCUT2D eigenvalue weighted by Gasteiger charge is 2.28. The molecular weight excluding hydrogens is 290 g/mol. The van der Waals surface area contributed by atoms with Gasteiger partial charge in [0.15, 0.2) is 0 Å². The molecule has 0 spiro atoms. The molecule has 0 saturated heterocycles. The van der Waals surface area contributed by atoms with Gasteiger partial charge in [0.05, 0.1) is 10.4 Å². The van der Waals surface area contributed by atoms with E-state index in [2.05, 4.69) is 4.72 Å². The Labute approximate surface area is 117 Å². The van der Waals surface area contributed by atoms with Crippen LogP contribution in [0.3, 0.4) is 0 Å². The van der Waals surface area contributed by atoms with Gasteiger partial charge >= 0.3 is 0 Å². The maximum atomic E-state index is 12.1. The standard InChI is InChI=1S/C11H16ClN3O3S/c1-11(2,10(14)16)6-15-19(17,18)9-5-7(13)3-4-8(9)12/h3-5,15H,6,13H2,1-2H3,(H2,14,16). The van der Waals surface area contributed by atoms with Crippen molar-refractivity contribution >= 4 is 33.2 Å². The maximum absolute atomic E-state index is 12.1. The molecular formula is C11H16ClN3O3S. The first kappa shape index (κ1) is 15.7. The summed E-state index contributed by atoms with van der Waals surface area (Å²) >= 11 is 5.83. The summed E-state index contributed by atoms with van der Waals surface area (Å²) in [6.07, 6.45) is 0. The molecule has 0 atom stereocenters. The van der Waals surface area contributed by atoms with Crippen LogP contribution in [-0.4, -0.2) is 20.9 Å².